The van der Waals surface area contributed by atoms with Crippen molar-refractivity contribution in [1.82, 2.24) is 9.88 Å². The topological polar surface area (TPSA) is 74.1 Å². The van der Waals surface area contributed by atoms with Crippen LogP contribution in [0.4, 0.5) is 0 Å². The molecule has 0 aromatic carbocycles. The van der Waals surface area contributed by atoms with E-state index in [2.05, 4.69) is 11.1 Å². The maximum Gasteiger partial charge on any atom is 0.281 e. The molecule has 1 aromatic heterocycles. The lowest BCUT2D eigenvalue weighted by molar-refractivity contribution is 0.0498. The number of carbonyl (C=O) groups is 2. The Morgan fingerprint density at radius 3 is 2.72 bits per heavy atom. The average molecular weight is 241 g/mol. The summed E-state index contributed by atoms with van der Waals surface area (Å²) in [5.74, 6) is -0.768. The van der Waals surface area contributed by atoms with Crippen molar-refractivity contribution < 1.29 is 9.59 Å². The van der Waals surface area contributed by atoms with Gasteiger partial charge in [-0.3, -0.25) is 19.5 Å². The second kappa shape index (κ2) is 3.39. The molecular formula is C13H11N3O2. The molecule has 2 aliphatic rings. The van der Waals surface area contributed by atoms with Crippen molar-refractivity contribution >= 4 is 11.8 Å². The molecule has 1 fully saturated rings. The Bertz CT molecular complexity index is 565. The lowest BCUT2D eigenvalue weighted by Gasteiger charge is -2.30. The summed E-state index contributed by atoms with van der Waals surface area (Å²) in [5.41, 5.74) is -0.594. The van der Waals surface area contributed by atoms with Crippen LogP contribution in [0.2, 0.25) is 0 Å². The Kier molecular flexibility index (Phi) is 2.05. The monoisotopic (exact) mass is 241 g/mol. The number of pyridine rings is 1. The number of nitrogens with zero attached hydrogens (tertiary/aromatic N) is 3. The Hall–Kier alpha value is -2.22. The largest absolute Gasteiger partial charge is 0.281 e. The van der Waals surface area contributed by atoms with E-state index in [1.807, 2.05) is 0 Å². The van der Waals surface area contributed by atoms with Crippen LogP contribution in [-0.2, 0) is 0 Å². The molecule has 1 aromatic rings. The summed E-state index contributed by atoms with van der Waals surface area (Å²) in [4.78, 5) is 29.5. The molecule has 5 heteroatoms. The second-order valence-corrected chi connectivity index (χ2v) is 4.88. The Balaban J connectivity index is 2.10. The van der Waals surface area contributed by atoms with Gasteiger partial charge in [0, 0.05) is 6.20 Å². The number of nitriles is 1. The predicted octanol–water partition coefficient (Wildman–Crippen LogP) is 1.37. The van der Waals surface area contributed by atoms with Crippen molar-refractivity contribution in [1.29, 1.82) is 5.26 Å². The van der Waals surface area contributed by atoms with E-state index >= 15 is 0 Å². The van der Waals surface area contributed by atoms with Gasteiger partial charge in [-0.05, 0) is 37.8 Å². The third-order valence-corrected chi connectivity index (χ3v) is 3.71. The third-order valence-electron chi connectivity index (χ3n) is 3.71. The molecule has 0 radical (unpaired) electrons. The van der Waals surface area contributed by atoms with Gasteiger partial charge in [-0.2, -0.15) is 5.26 Å². The van der Waals surface area contributed by atoms with Crippen LogP contribution >= 0.6 is 0 Å². The summed E-state index contributed by atoms with van der Waals surface area (Å²) in [6.07, 6.45) is 3.24. The zero-order chi connectivity index (χ0) is 12.9. The van der Waals surface area contributed by atoms with Gasteiger partial charge < -0.3 is 0 Å². The van der Waals surface area contributed by atoms with Gasteiger partial charge in [0.05, 0.1) is 11.6 Å². The van der Waals surface area contributed by atoms with E-state index in [4.69, 9.17) is 0 Å². The molecule has 3 rings (SSSR count). The minimum Gasteiger partial charge on any atom is -0.268 e. The van der Waals surface area contributed by atoms with Gasteiger partial charge in [-0.15, -0.1) is 0 Å². The summed E-state index contributed by atoms with van der Waals surface area (Å²) in [6.45, 7) is 1.66. The number of aromatic nitrogens is 1. The molecule has 5 nitrogen and oxygen atoms in total. The van der Waals surface area contributed by atoms with Crippen LogP contribution in [0.3, 0.4) is 0 Å². The number of carbonyl (C=O) groups excluding carboxylic acids is 2. The maximum atomic E-state index is 12.3. The van der Waals surface area contributed by atoms with E-state index < -0.39 is 17.4 Å². The molecule has 2 amide bonds. The molecule has 1 saturated carbocycles. The number of rotatable bonds is 2. The molecule has 1 aliphatic carbocycles. The van der Waals surface area contributed by atoms with Crippen molar-refractivity contribution in [2.45, 2.75) is 25.3 Å². The smallest absolute Gasteiger partial charge is 0.268 e. The van der Waals surface area contributed by atoms with E-state index in [9.17, 15) is 14.9 Å². The summed E-state index contributed by atoms with van der Waals surface area (Å²) in [7, 11) is 0. The first-order valence-corrected chi connectivity index (χ1v) is 5.84. The SMILES string of the molecule is CC(C#N)(C1CC1)N1C(=O)c2cccnc2C1=O. The van der Waals surface area contributed by atoms with Crippen LogP contribution in [0, 0.1) is 17.2 Å². The van der Waals surface area contributed by atoms with Crippen molar-refractivity contribution in [3.8, 4) is 6.07 Å². The fraction of sp³-hybridized carbons (Fsp3) is 0.385. The van der Waals surface area contributed by atoms with E-state index in [0.29, 0.717) is 5.56 Å². The molecule has 0 saturated heterocycles. The third kappa shape index (κ3) is 1.23. The molecular weight excluding hydrogens is 230 g/mol. The molecule has 1 aliphatic heterocycles. The zero-order valence-corrected chi connectivity index (χ0v) is 9.88. The Morgan fingerprint density at radius 2 is 2.17 bits per heavy atom. The number of hydrogen-bond acceptors (Lipinski definition) is 4. The highest BCUT2D eigenvalue weighted by Crippen LogP contribution is 2.45. The van der Waals surface area contributed by atoms with Crippen LogP contribution in [0.25, 0.3) is 0 Å². The summed E-state index contributed by atoms with van der Waals surface area (Å²) in [5, 5.41) is 9.35. The van der Waals surface area contributed by atoms with Gasteiger partial charge in [0.25, 0.3) is 11.8 Å². The van der Waals surface area contributed by atoms with Crippen LogP contribution in [0.15, 0.2) is 18.3 Å². The number of fused-ring (bicyclic) bond motifs is 1. The van der Waals surface area contributed by atoms with E-state index in [1.54, 1.807) is 19.1 Å². The number of hydrogen-bond donors (Lipinski definition) is 0. The first kappa shape index (κ1) is 10.9. The van der Waals surface area contributed by atoms with Crippen molar-refractivity contribution in [3.63, 3.8) is 0 Å². The van der Waals surface area contributed by atoms with Gasteiger partial charge in [0.2, 0.25) is 0 Å². The van der Waals surface area contributed by atoms with Crippen LogP contribution in [0.5, 0.6) is 0 Å². The normalized spacial score (nSPS) is 21.4. The first-order valence-electron chi connectivity index (χ1n) is 5.84. The first-order chi connectivity index (χ1) is 8.59. The van der Waals surface area contributed by atoms with Crippen LogP contribution in [-0.4, -0.2) is 27.2 Å². The average Bonchev–Trinajstić information content (AvgIpc) is 3.19. The molecule has 1 unspecified atom stereocenters. The Morgan fingerprint density at radius 1 is 1.44 bits per heavy atom. The molecule has 0 N–H and O–H groups in total. The van der Waals surface area contributed by atoms with Gasteiger partial charge in [0.1, 0.15) is 11.2 Å². The molecule has 90 valence electrons. The van der Waals surface area contributed by atoms with Gasteiger partial charge in [-0.25, -0.2) is 0 Å². The molecule has 1 atom stereocenters. The van der Waals surface area contributed by atoms with Crippen LogP contribution in [0.1, 0.15) is 40.6 Å². The van der Waals surface area contributed by atoms with Crippen LogP contribution < -0.4 is 0 Å². The molecule has 2 heterocycles. The standard InChI is InChI=1S/C13H11N3O2/c1-13(7-14,8-4-5-8)16-11(17)9-3-2-6-15-10(9)12(16)18/h2-3,6,8H,4-5H2,1H3. The molecule has 0 spiro atoms. The van der Waals surface area contributed by atoms with Crippen molar-refractivity contribution in [3.05, 3.63) is 29.6 Å². The molecule has 0 bridgehead atoms. The minimum absolute atomic E-state index is 0.0877. The van der Waals surface area contributed by atoms with Gasteiger partial charge in [0.15, 0.2) is 0 Å². The number of amides is 2. The highest BCUT2D eigenvalue weighted by Gasteiger charge is 2.54. The maximum absolute atomic E-state index is 12.3. The second-order valence-electron chi connectivity index (χ2n) is 4.88. The fourth-order valence-electron chi connectivity index (χ4n) is 2.46. The fourth-order valence-corrected chi connectivity index (χ4v) is 2.46. The summed E-state index contributed by atoms with van der Waals surface area (Å²) in [6, 6.07) is 5.33. The summed E-state index contributed by atoms with van der Waals surface area (Å²) < 4.78 is 0. The van der Waals surface area contributed by atoms with Crippen molar-refractivity contribution in [2.24, 2.45) is 5.92 Å². The summed E-state index contributed by atoms with van der Waals surface area (Å²) >= 11 is 0. The van der Waals surface area contributed by atoms with E-state index in [1.165, 1.54) is 6.20 Å². The lowest BCUT2D eigenvalue weighted by atomic mass is 9.95. The van der Waals surface area contributed by atoms with E-state index in [0.717, 1.165) is 17.7 Å². The lowest BCUT2D eigenvalue weighted by Crippen LogP contribution is -2.50. The quantitative estimate of drug-likeness (QED) is 0.733. The van der Waals surface area contributed by atoms with Gasteiger partial charge >= 0.3 is 0 Å². The van der Waals surface area contributed by atoms with E-state index in [-0.39, 0.29) is 11.6 Å². The van der Waals surface area contributed by atoms with Gasteiger partial charge in [-0.1, -0.05) is 0 Å². The molecule has 18 heavy (non-hydrogen) atoms. The number of imide groups is 1. The zero-order valence-electron chi connectivity index (χ0n) is 9.88. The highest BCUT2D eigenvalue weighted by atomic mass is 16.2. The minimum atomic E-state index is -1.05. The van der Waals surface area contributed by atoms with Crippen molar-refractivity contribution in [2.75, 3.05) is 0 Å². The predicted molar refractivity (Wildman–Crippen MR) is 61.5 cm³/mol. The highest BCUT2D eigenvalue weighted by molar-refractivity contribution is 6.21. The Labute approximate surface area is 104 Å².